The van der Waals surface area contributed by atoms with Gasteiger partial charge in [-0.25, -0.2) is 0 Å². The van der Waals surface area contributed by atoms with E-state index in [0.717, 1.165) is 0 Å². The van der Waals surface area contributed by atoms with Crippen LogP contribution in [0.1, 0.15) is 110 Å². The maximum Gasteiger partial charge on any atom is 0.264 e. The molecule has 3 nitrogen and oxygen atoms in total. The topological polar surface area (TPSA) is 10.9 Å². The summed E-state index contributed by atoms with van der Waals surface area (Å²) >= 11 is 2.01. The number of hydrogen-bond donors (Lipinski definition) is 0. The van der Waals surface area contributed by atoms with E-state index in [1.807, 2.05) is 11.3 Å². The number of thiophene rings is 1. The summed E-state index contributed by atoms with van der Waals surface area (Å²) in [6, 6.07) is 50.2. The Morgan fingerprint density at radius 2 is 1.14 bits per heavy atom. The zero-order chi connectivity index (χ0) is 45.6. The van der Waals surface area contributed by atoms with Crippen molar-refractivity contribution in [1.29, 1.82) is 0 Å². The molecule has 0 atom stereocenters. The number of rotatable bonds is 2. The van der Waals surface area contributed by atoms with Crippen LogP contribution >= 0.6 is 11.3 Å². The highest BCUT2D eigenvalue weighted by Crippen LogP contribution is 2.54. The van der Waals surface area contributed by atoms with Crippen LogP contribution in [-0.4, -0.2) is 11.1 Å². The molecule has 0 fully saturated rings. The third kappa shape index (κ3) is 5.38. The van der Waals surface area contributed by atoms with Crippen LogP contribution < -0.4 is 25.5 Å². The monoisotopic (exact) mass is 875 g/mol. The Hall–Kier alpha value is -6.04. The van der Waals surface area contributed by atoms with Gasteiger partial charge in [-0.15, -0.1) is 11.3 Å². The third-order valence-electron chi connectivity index (χ3n) is 16.1. The molecular weight excluding hydrogens is 818 g/mol. The van der Waals surface area contributed by atoms with Crippen molar-refractivity contribution in [3.05, 3.63) is 155 Å². The molecule has 2 aliphatic heterocycles. The summed E-state index contributed by atoms with van der Waals surface area (Å²) < 4.78 is 5.32. The predicted molar refractivity (Wildman–Crippen MR) is 288 cm³/mol. The molecule has 0 amide bonds. The molecule has 7 aromatic carbocycles. The Morgan fingerprint density at radius 3 is 1.82 bits per heavy atom. The number of aromatic nitrogens is 1. The van der Waals surface area contributed by atoms with Crippen molar-refractivity contribution in [1.82, 2.24) is 4.40 Å². The molecule has 3 aliphatic rings. The molecule has 66 heavy (non-hydrogen) atoms. The van der Waals surface area contributed by atoms with Crippen LogP contribution in [0.15, 0.2) is 127 Å². The Labute approximate surface area is 394 Å². The predicted octanol–water partition coefficient (Wildman–Crippen LogP) is 15.4. The summed E-state index contributed by atoms with van der Waals surface area (Å²) in [6.45, 7) is 26.2. The SMILES string of the molecule is Cc1cc2c3c(c1)N(c1ccc(C(C)(C)C)cc1)c1c(cc4c5ccccc5n5c6ccccc6c1c45)B3c1sc3ccc(C(C)(C)C)cc3c1N2c1ccc2c(c1)C(C)(C)CCC2(C)C. The van der Waals surface area contributed by atoms with Gasteiger partial charge in [-0.05, 0) is 141 Å². The van der Waals surface area contributed by atoms with E-state index in [2.05, 4.69) is 218 Å². The van der Waals surface area contributed by atoms with Crippen molar-refractivity contribution >= 4 is 116 Å². The second-order valence-corrected chi connectivity index (χ2v) is 24.4. The van der Waals surface area contributed by atoms with Crippen LogP contribution in [0.25, 0.3) is 48.2 Å². The summed E-state index contributed by atoms with van der Waals surface area (Å²) in [7, 11) is 0. The van der Waals surface area contributed by atoms with Crippen molar-refractivity contribution in [3.63, 3.8) is 0 Å². The van der Waals surface area contributed by atoms with E-state index >= 15 is 0 Å². The molecule has 326 valence electrons. The molecule has 0 saturated heterocycles. The first-order chi connectivity index (χ1) is 31.4. The molecule has 13 rings (SSSR count). The zero-order valence-corrected chi connectivity index (χ0v) is 41.2. The third-order valence-corrected chi connectivity index (χ3v) is 17.3. The quantitative estimate of drug-likeness (QED) is 0.160. The molecule has 0 unspecified atom stereocenters. The van der Waals surface area contributed by atoms with Crippen molar-refractivity contribution in [3.8, 4) is 0 Å². The number of nitrogens with zero attached hydrogens (tertiary/aromatic N) is 3. The molecule has 10 aromatic rings. The number of para-hydroxylation sites is 2. The van der Waals surface area contributed by atoms with Gasteiger partial charge < -0.3 is 14.2 Å². The number of benzene rings is 7. The van der Waals surface area contributed by atoms with Crippen LogP contribution in [0.4, 0.5) is 34.1 Å². The average Bonchev–Trinajstić information content (AvgIpc) is 3.94. The van der Waals surface area contributed by atoms with Gasteiger partial charge in [0.15, 0.2) is 0 Å². The van der Waals surface area contributed by atoms with Crippen molar-refractivity contribution < 1.29 is 0 Å². The van der Waals surface area contributed by atoms with Crippen LogP contribution in [0.5, 0.6) is 0 Å². The minimum absolute atomic E-state index is 0.00341. The molecule has 3 aromatic heterocycles. The van der Waals surface area contributed by atoms with Crippen LogP contribution in [-0.2, 0) is 21.7 Å². The van der Waals surface area contributed by atoms with E-state index in [0.29, 0.717) is 0 Å². The highest BCUT2D eigenvalue weighted by molar-refractivity contribution is 7.33. The first-order valence-electron chi connectivity index (χ1n) is 24.2. The van der Waals surface area contributed by atoms with E-state index in [-0.39, 0.29) is 28.4 Å². The normalized spacial score (nSPS) is 16.4. The maximum absolute atomic E-state index is 2.70. The van der Waals surface area contributed by atoms with Crippen molar-refractivity contribution in [2.75, 3.05) is 9.80 Å². The summed E-state index contributed by atoms with van der Waals surface area (Å²) in [5.74, 6) is 0. The van der Waals surface area contributed by atoms with Gasteiger partial charge in [-0.2, -0.15) is 0 Å². The smallest absolute Gasteiger partial charge is 0.264 e. The highest BCUT2D eigenvalue weighted by Gasteiger charge is 2.47. The molecule has 1 aliphatic carbocycles. The molecule has 0 saturated carbocycles. The van der Waals surface area contributed by atoms with Gasteiger partial charge in [0, 0.05) is 59.2 Å². The number of aryl methyl sites for hydroxylation is 1. The van der Waals surface area contributed by atoms with E-state index < -0.39 is 0 Å². The van der Waals surface area contributed by atoms with Gasteiger partial charge in [0.25, 0.3) is 6.71 Å². The second kappa shape index (κ2) is 13.1. The van der Waals surface area contributed by atoms with E-state index in [4.69, 9.17) is 0 Å². The molecule has 0 radical (unpaired) electrons. The fourth-order valence-electron chi connectivity index (χ4n) is 12.4. The lowest BCUT2D eigenvalue weighted by Crippen LogP contribution is -2.60. The van der Waals surface area contributed by atoms with E-state index in [1.165, 1.54) is 139 Å². The first-order valence-corrected chi connectivity index (χ1v) is 25.0. The fourth-order valence-corrected chi connectivity index (χ4v) is 13.7. The van der Waals surface area contributed by atoms with Gasteiger partial charge in [-0.3, -0.25) is 0 Å². The van der Waals surface area contributed by atoms with Gasteiger partial charge in [0.1, 0.15) is 0 Å². The zero-order valence-electron chi connectivity index (χ0n) is 40.4. The molecule has 5 heteroatoms. The first kappa shape index (κ1) is 40.3. The summed E-state index contributed by atoms with van der Waals surface area (Å²) in [5, 5.41) is 6.63. The highest BCUT2D eigenvalue weighted by atomic mass is 32.1. The Kier molecular flexibility index (Phi) is 7.99. The van der Waals surface area contributed by atoms with Crippen LogP contribution in [0, 0.1) is 6.92 Å². The number of fused-ring (bicyclic) bond motifs is 14. The van der Waals surface area contributed by atoms with Gasteiger partial charge in [-0.1, -0.05) is 136 Å². The van der Waals surface area contributed by atoms with E-state index in [1.54, 1.807) is 0 Å². The molecule has 0 spiro atoms. The second-order valence-electron chi connectivity index (χ2n) is 23.3. The molecule has 0 N–H and O–H groups in total. The summed E-state index contributed by atoms with van der Waals surface area (Å²) in [5.41, 5.74) is 21.5. The lowest BCUT2D eigenvalue weighted by atomic mass is 9.36. The minimum atomic E-state index is 0.00341. The lowest BCUT2D eigenvalue weighted by molar-refractivity contribution is 0.332. The maximum atomic E-state index is 2.70. The van der Waals surface area contributed by atoms with Gasteiger partial charge >= 0.3 is 0 Å². The number of anilines is 6. The molecular formula is C61H58BN3S. The Morgan fingerprint density at radius 1 is 0.545 bits per heavy atom. The van der Waals surface area contributed by atoms with Gasteiger partial charge in [0.05, 0.1) is 27.9 Å². The standard InChI is InChI=1S/C61H58BN3S/c1-35-30-49-53-50(31-35)64(39-25-26-44-45(33-39)61(10,11)29-28-60(44,8)9)55-43-32-37(59(5,6)7)22-27-51(43)66-57(55)62(53)46-34-42-40-16-12-14-18-47(40)65-48-19-15-13-17-41(48)52(54(42)65)56(46)63(49)38-23-20-36(21-24-38)58(2,3)4/h12-27,30-34H,28-29H2,1-11H3. The van der Waals surface area contributed by atoms with Crippen LogP contribution in [0.3, 0.4) is 0 Å². The summed E-state index contributed by atoms with van der Waals surface area (Å²) in [4.78, 5) is 5.36. The Balaban J connectivity index is 1.20. The van der Waals surface area contributed by atoms with Crippen molar-refractivity contribution in [2.24, 2.45) is 0 Å². The van der Waals surface area contributed by atoms with Gasteiger partial charge in [0.2, 0.25) is 0 Å². The van der Waals surface area contributed by atoms with Crippen LogP contribution in [0.2, 0.25) is 0 Å². The minimum Gasteiger partial charge on any atom is -0.311 e. The van der Waals surface area contributed by atoms with E-state index in [9.17, 15) is 0 Å². The average molecular weight is 876 g/mol. The Bertz CT molecular complexity index is 3700. The fraction of sp³-hybridized carbons (Fsp3) is 0.279. The molecule has 0 bridgehead atoms. The largest absolute Gasteiger partial charge is 0.311 e. The van der Waals surface area contributed by atoms with Crippen molar-refractivity contribution in [2.45, 2.75) is 111 Å². The molecule has 5 heterocycles. The summed E-state index contributed by atoms with van der Waals surface area (Å²) in [6.07, 6.45) is 2.37. The number of hydrogen-bond acceptors (Lipinski definition) is 3. The lowest BCUT2D eigenvalue weighted by Gasteiger charge is -2.45.